The van der Waals surface area contributed by atoms with Crippen LogP contribution in [0.5, 0.6) is 0 Å². The lowest BCUT2D eigenvalue weighted by Gasteiger charge is -2.32. The van der Waals surface area contributed by atoms with E-state index in [-0.39, 0.29) is 5.91 Å². The minimum absolute atomic E-state index is 0.0574. The van der Waals surface area contributed by atoms with Gasteiger partial charge >= 0.3 is 0 Å². The van der Waals surface area contributed by atoms with Crippen LogP contribution in [0.1, 0.15) is 28.8 Å². The van der Waals surface area contributed by atoms with Crippen molar-refractivity contribution in [2.24, 2.45) is 5.92 Å². The Bertz CT molecular complexity index is 1080. The first kappa shape index (κ1) is 21.9. The maximum absolute atomic E-state index is 13.4. The van der Waals surface area contributed by atoms with Gasteiger partial charge in [0, 0.05) is 23.1 Å². The average molecular weight is 487 g/mol. The van der Waals surface area contributed by atoms with Gasteiger partial charge in [0.2, 0.25) is 0 Å². The largest absolute Gasteiger partial charge is 0.351 e. The van der Waals surface area contributed by atoms with Crippen molar-refractivity contribution in [2.75, 3.05) is 26.2 Å². The molecule has 3 aromatic carbocycles. The van der Waals surface area contributed by atoms with E-state index < -0.39 is 11.6 Å². The second-order valence-electron chi connectivity index (χ2n) is 8.20. The molecule has 0 aliphatic carbocycles. The maximum atomic E-state index is 13.4. The van der Waals surface area contributed by atoms with Crippen LogP contribution in [0.3, 0.4) is 0 Å². The second-order valence-corrected chi connectivity index (χ2v) is 9.12. The Morgan fingerprint density at radius 3 is 2.48 bits per heavy atom. The van der Waals surface area contributed by atoms with Crippen LogP contribution in [0.2, 0.25) is 0 Å². The number of hydrogen-bond donors (Lipinski definition) is 1. The summed E-state index contributed by atoms with van der Waals surface area (Å²) in [4.78, 5) is 14.9. The molecule has 0 aromatic heterocycles. The van der Waals surface area contributed by atoms with Crippen LogP contribution in [0.25, 0.3) is 10.8 Å². The molecule has 1 fully saturated rings. The molecule has 1 N–H and O–H groups in total. The van der Waals surface area contributed by atoms with Crippen LogP contribution < -0.4 is 5.32 Å². The molecule has 1 heterocycles. The number of rotatable bonds is 6. The van der Waals surface area contributed by atoms with Crippen LogP contribution in [-0.2, 0) is 6.42 Å². The molecule has 1 aliphatic rings. The first-order chi connectivity index (χ1) is 15.0. The standard InChI is InChI=1S/C25H25BrF2N2O/c26-22-5-4-19-15-21(3-2-20(19)16-22)25(31)29-9-12-30-10-7-17(8-11-30)13-18-1-6-23(27)24(28)14-18/h1-6,14-17H,7-13H2,(H,29,31). The predicted molar refractivity (Wildman–Crippen MR) is 123 cm³/mol. The Morgan fingerprint density at radius 1 is 0.968 bits per heavy atom. The number of carbonyl (C=O) groups is 1. The van der Waals surface area contributed by atoms with Gasteiger partial charge in [0.05, 0.1) is 0 Å². The van der Waals surface area contributed by atoms with Crippen molar-refractivity contribution in [3.05, 3.63) is 81.8 Å². The van der Waals surface area contributed by atoms with E-state index >= 15 is 0 Å². The number of amides is 1. The number of halogens is 3. The van der Waals surface area contributed by atoms with Crippen LogP contribution in [0.15, 0.2) is 59.1 Å². The lowest BCUT2D eigenvalue weighted by molar-refractivity contribution is 0.0944. The molecular formula is C25H25BrF2N2O. The highest BCUT2D eigenvalue weighted by Crippen LogP contribution is 2.23. The Labute approximate surface area is 189 Å². The molecule has 0 bridgehead atoms. The Hall–Kier alpha value is -2.31. The summed E-state index contributed by atoms with van der Waals surface area (Å²) in [5.41, 5.74) is 1.52. The number of nitrogens with zero attached hydrogens (tertiary/aromatic N) is 1. The number of benzene rings is 3. The third-order valence-electron chi connectivity index (χ3n) is 5.99. The summed E-state index contributed by atoms with van der Waals surface area (Å²) in [6, 6.07) is 15.9. The average Bonchev–Trinajstić information content (AvgIpc) is 2.77. The van der Waals surface area contributed by atoms with Crippen molar-refractivity contribution in [3.8, 4) is 0 Å². The summed E-state index contributed by atoms with van der Waals surface area (Å²) in [5.74, 6) is -1.14. The number of nitrogens with one attached hydrogen (secondary N) is 1. The van der Waals surface area contributed by atoms with Crippen LogP contribution in [-0.4, -0.2) is 37.0 Å². The molecule has 1 amide bonds. The highest BCUT2D eigenvalue weighted by atomic mass is 79.9. The normalized spacial score (nSPS) is 15.3. The van der Waals surface area contributed by atoms with Gasteiger partial charge in [0.25, 0.3) is 5.91 Å². The van der Waals surface area contributed by atoms with Gasteiger partial charge in [-0.25, -0.2) is 8.78 Å². The van der Waals surface area contributed by atoms with Crippen molar-refractivity contribution < 1.29 is 13.6 Å². The molecule has 6 heteroatoms. The lowest BCUT2D eigenvalue weighted by atomic mass is 9.90. The molecule has 0 saturated carbocycles. The zero-order valence-electron chi connectivity index (χ0n) is 17.2. The highest BCUT2D eigenvalue weighted by molar-refractivity contribution is 9.10. The van der Waals surface area contributed by atoms with Gasteiger partial charge < -0.3 is 10.2 Å². The molecule has 1 saturated heterocycles. The minimum atomic E-state index is -0.794. The van der Waals surface area contributed by atoms with Gasteiger partial charge in [-0.2, -0.15) is 0 Å². The zero-order chi connectivity index (χ0) is 21.8. The second kappa shape index (κ2) is 9.88. The number of likely N-dealkylation sites (tertiary alicyclic amines) is 1. The van der Waals surface area contributed by atoms with Crippen LogP contribution in [0.4, 0.5) is 8.78 Å². The molecular weight excluding hydrogens is 462 g/mol. The number of fused-ring (bicyclic) bond motifs is 1. The predicted octanol–water partition coefficient (Wildman–Crippen LogP) is 5.57. The van der Waals surface area contributed by atoms with Crippen molar-refractivity contribution in [1.29, 1.82) is 0 Å². The van der Waals surface area contributed by atoms with E-state index in [4.69, 9.17) is 0 Å². The summed E-state index contributed by atoms with van der Waals surface area (Å²) in [5, 5.41) is 5.15. The summed E-state index contributed by atoms with van der Waals surface area (Å²) >= 11 is 3.46. The summed E-state index contributed by atoms with van der Waals surface area (Å²) in [7, 11) is 0. The van der Waals surface area contributed by atoms with Gasteiger partial charge in [-0.15, -0.1) is 0 Å². The number of piperidine rings is 1. The molecule has 3 nitrogen and oxygen atoms in total. The summed E-state index contributed by atoms with van der Waals surface area (Å²) < 4.78 is 27.5. The molecule has 3 aromatic rings. The van der Waals surface area contributed by atoms with Crippen LogP contribution in [0, 0.1) is 17.6 Å². The molecule has 1 aliphatic heterocycles. The van der Waals surface area contributed by atoms with Gasteiger partial charge in [0.1, 0.15) is 0 Å². The fraction of sp³-hybridized carbons (Fsp3) is 0.320. The van der Waals surface area contributed by atoms with E-state index in [1.165, 1.54) is 12.1 Å². The maximum Gasteiger partial charge on any atom is 0.251 e. The Balaban J connectivity index is 1.21. The molecule has 4 rings (SSSR count). The van der Waals surface area contributed by atoms with Crippen molar-refractivity contribution in [1.82, 2.24) is 10.2 Å². The molecule has 0 unspecified atom stereocenters. The highest BCUT2D eigenvalue weighted by Gasteiger charge is 2.20. The van der Waals surface area contributed by atoms with Gasteiger partial charge in [-0.05, 0) is 91.0 Å². The summed E-state index contributed by atoms with van der Waals surface area (Å²) in [6.45, 7) is 3.32. The van der Waals surface area contributed by atoms with Gasteiger partial charge in [-0.1, -0.05) is 34.1 Å². The third kappa shape index (κ3) is 5.69. The van der Waals surface area contributed by atoms with E-state index in [1.807, 2.05) is 36.4 Å². The topological polar surface area (TPSA) is 32.3 Å². The van der Waals surface area contributed by atoms with E-state index in [0.717, 1.165) is 59.7 Å². The molecule has 0 spiro atoms. The first-order valence-corrected chi connectivity index (χ1v) is 11.4. The van der Waals surface area contributed by atoms with E-state index in [9.17, 15) is 13.6 Å². The Kier molecular flexibility index (Phi) is 6.98. The minimum Gasteiger partial charge on any atom is -0.351 e. The molecule has 0 radical (unpaired) electrons. The fourth-order valence-corrected chi connectivity index (χ4v) is 4.58. The molecule has 0 atom stereocenters. The Morgan fingerprint density at radius 2 is 1.71 bits per heavy atom. The molecule has 162 valence electrons. The first-order valence-electron chi connectivity index (χ1n) is 10.6. The van der Waals surface area contributed by atoms with Crippen molar-refractivity contribution >= 4 is 32.6 Å². The smallest absolute Gasteiger partial charge is 0.251 e. The number of hydrogen-bond acceptors (Lipinski definition) is 2. The third-order valence-corrected chi connectivity index (χ3v) is 6.49. The lowest BCUT2D eigenvalue weighted by Crippen LogP contribution is -2.39. The van der Waals surface area contributed by atoms with E-state index in [1.54, 1.807) is 6.07 Å². The monoisotopic (exact) mass is 486 g/mol. The van der Waals surface area contributed by atoms with Gasteiger partial charge in [0.15, 0.2) is 11.6 Å². The zero-order valence-corrected chi connectivity index (χ0v) is 18.8. The molecule has 31 heavy (non-hydrogen) atoms. The van der Waals surface area contributed by atoms with Crippen molar-refractivity contribution in [2.45, 2.75) is 19.3 Å². The quantitative estimate of drug-likeness (QED) is 0.494. The van der Waals surface area contributed by atoms with Gasteiger partial charge in [-0.3, -0.25) is 4.79 Å². The fourth-order valence-electron chi connectivity index (χ4n) is 4.20. The van der Waals surface area contributed by atoms with E-state index in [2.05, 4.69) is 26.1 Å². The number of carbonyl (C=O) groups excluding carboxylic acids is 1. The van der Waals surface area contributed by atoms with Crippen LogP contribution >= 0.6 is 15.9 Å². The van der Waals surface area contributed by atoms with Crippen molar-refractivity contribution in [3.63, 3.8) is 0 Å². The summed E-state index contributed by atoms with van der Waals surface area (Å²) in [6.07, 6.45) is 2.82. The SMILES string of the molecule is O=C(NCCN1CCC(Cc2ccc(F)c(F)c2)CC1)c1ccc2cc(Br)ccc2c1. The van der Waals surface area contributed by atoms with E-state index in [0.29, 0.717) is 18.0 Å².